The van der Waals surface area contributed by atoms with Gasteiger partial charge in [0.15, 0.2) is 0 Å². The lowest BCUT2D eigenvalue weighted by molar-refractivity contribution is 0.0693. The van der Waals surface area contributed by atoms with Crippen LogP contribution in [0.15, 0.2) is 29.2 Å². The second-order valence-electron chi connectivity index (χ2n) is 5.16. The Morgan fingerprint density at radius 3 is 2.79 bits per heavy atom. The van der Waals surface area contributed by atoms with Crippen LogP contribution in [0.2, 0.25) is 0 Å². The Morgan fingerprint density at radius 1 is 1.37 bits per heavy atom. The molecule has 1 aromatic rings. The SMILES string of the molecule is CCC1CCCC(S(=O)c2ccccc2C(=O)O)C1. The van der Waals surface area contributed by atoms with E-state index in [1.54, 1.807) is 18.2 Å². The van der Waals surface area contributed by atoms with E-state index < -0.39 is 16.8 Å². The van der Waals surface area contributed by atoms with Crippen molar-refractivity contribution in [2.24, 2.45) is 5.92 Å². The minimum absolute atomic E-state index is 0.110. The lowest BCUT2D eigenvalue weighted by atomic mass is 9.87. The first kappa shape index (κ1) is 14.3. The molecule has 1 aromatic carbocycles. The fourth-order valence-electron chi connectivity index (χ4n) is 2.81. The number of rotatable bonds is 4. The minimum Gasteiger partial charge on any atom is -0.478 e. The first-order chi connectivity index (χ1) is 9.13. The molecule has 19 heavy (non-hydrogen) atoms. The van der Waals surface area contributed by atoms with Crippen LogP contribution in [0.3, 0.4) is 0 Å². The average Bonchev–Trinajstić information content (AvgIpc) is 2.46. The number of aromatic carboxylic acids is 1. The Balaban J connectivity index is 2.22. The van der Waals surface area contributed by atoms with E-state index in [-0.39, 0.29) is 10.8 Å². The van der Waals surface area contributed by atoms with Gasteiger partial charge in [-0.1, -0.05) is 38.3 Å². The van der Waals surface area contributed by atoms with Gasteiger partial charge in [0, 0.05) is 5.25 Å². The summed E-state index contributed by atoms with van der Waals surface area (Å²) in [4.78, 5) is 11.7. The largest absolute Gasteiger partial charge is 0.478 e. The minimum atomic E-state index is -1.21. The topological polar surface area (TPSA) is 54.4 Å². The second kappa shape index (κ2) is 6.33. The summed E-state index contributed by atoms with van der Waals surface area (Å²) >= 11 is 0. The van der Waals surface area contributed by atoms with Crippen molar-refractivity contribution in [2.45, 2.75) is 49.2 Å². The molecule has 0 bridgehead atoms. The van der Waals surface area contributed by atoms with Gasteiger partial charge >= 0.3 is 5.97 Å². The Kier molecular flexibility index (Phi) is 4.75. The maximum absolute atomic E-state index is 12.6. The molecule has 3 atom stereocenters. The van der Waals surface area contributed by atoms with Crippen LogP contribution in [0, 0.1) is 5.92 Å². The fourth-order valence-corrected chi connectivity index (χ4v) is 4.58. The van der Waals surface area contributed by atoms with E-state index in [9.17, 15) is 14.1 Å². The second-order valence-corrected chi connectivity index (χ2v) is 6.86. The van der Waals surface area contributed by atoms with E-state index in [1.807, 2.05) is 0 Å². The normalized spacial score (nSPS) is 24.9. The summed E-state index contributed by atoms with van der Waals surface area (Å²) in [6.45, 7) is 2.17. The Labute approximate surface area is 116 Å². The number of benzene rings is 1. The van der Waals surface area contributed by atoms with Crippen LogP contribution in [-0.2, 0) is 10.8 Å². The van der Waals surface area contributed by atoms with Gasteiger partial charge < -0.3 is 5.11 Å². The van der Waals surface area contributed by atoms with Crippen LogP contribution in [-0.4, -0.2) is 20.5 Å². The van der Waals surface area contributed by atoms with E-state index >= 15 is 0 Å². The van der Waals surface area contributed by atoms with Crippen molar-refractivity contribution < 1.29 is 14.1 Å². The lowest BCUT2D eigenvalue weighted by Gasteiger charge is -2.28. The van der Waals surface area contributed by atoms with Crippen molar-refractivity contribution in [3.63, 3.8) is 0 Å². The summed E-state index contributed by atoms with van der Waals surface area (Å²) in [6.07, 6.45) is 5.33. The number of hydrogen-bond acceptors (Lipinski definition) is 2. The molecule has 2 rings (SSSR count). The number of hydrogen-bond donors (Lipinski definition) is 1. The third-order valence-electron chi connectivity index (χ3n) is 3.95. The monoisotopic (exact) mass is 280 g/mol. The molecule has 3 nitrogen and oxygen atoms in total. The zero-order valence-corrected chi connectivity index (χ0v) is 12.0. The lowest BCUT2D eigenvalue weighted by Crippen LogP contribution is -2.25. The summed E-state index contributed by atoms with van der Waals surface area (Å²) in [5, 5.41) is 9.29. The predicted molar refractivity (Wildman–Crippen MR) is 75.8 cm³/mol. The maximum Gasteiger partial charge on any atom is 0.336 e. The van der Waals surface area contributed by atoms with Gasteiger partial charge in [0.1, 0.15) is 0 Å². The molecule has 0 spiro atoms. The molecule has 1 fully saturated rings. The summed E-state index contributed by atoms with van der Waals surface area (Å²) in [5.41, 5.74) is 0.180. The van der Waals surface area contributed by atoms with Crippen LogP contribution in [0.25, 0.3) is 0 Å². The van der Waals surface area contributed by atoms with Crippen molar-refractivity contribution in [1.29, 1.82) is 0 Å². The van der Waals surface area contributed by atoms with Crippen LogP contribution >= 0.6 is 0 Å². The van der Waals surface area contributed by atoms with E-state index in [1.165, 1.54) is 12.5 Å². The standard InChI is InChI=1S/C15H20O3S/c1-2-11-6-5-7-12(10-11)19(18)14-9-4-3-8-13(14)15(16)17/h3-4,8-9,11-12H,2,5-7,10H2,1H3,(H,16,17). The van der Waals surface area contributed by atoms with Crippen molar-refractivity contribution in [3.05, 3.63) is 29.8 Å². The van der Waals surface area contributed by atoms with Gasteiger partial charge in [-0.25, -0.2) is 4.79 Å². The molecule has 1 aliphatic rings. The first-order valence-corrected chi connectivity index (χ1v) is 8.07. The van der Waals surface area contributed by atoms with Gasteiger partial charge in [0.2, 0.25) is 0 Å². The molecule has 0 aliphatic heterocycles. The van der Waals surface area contributed by atoms with Gasteiger partial charge in [0.25, 0.3) is 0 Å². The summed E-state index contributed by atoms with van der Waals surface area (Å²) in [5.74, 6) is -0.355. The number of carbonyl (C=O) groups is 1. The molecule has 0 amide bonds. The third kappa shape index (κ3) is 3.24. The fraction of sp³-hybridized carbons (Fsp3) is 0.533. The maximum atomic E-state index is 12.6. The molecule has 0 saturated heterocycles. The first-order valence-electron chi connectivity index (χ1n) is 6.86. The van der Waals surface area contributed by atoms with E-state index in [2.05, 4.69) is 6.92 Å². The molecule has 3 unspecified atom stereocenters. The predicted octanol–water partition coefficient (Wildman–Crippen LogP) is 3.46. The molecule has 1 N–H and O–H groups in total. The Bertz CT molecular complexity index is 484. The summed E-state index contributed by atoms with van der Waals surface area (Å²) in [7, 11) is -1.21. The van der Waals surface area contributed by atoms with Crippen LogP contribution in [0.5, 0.6) is 0 Å². The highest BCUT2D eigenvalue weighted by Gasteiger charge is 2.28. The quantitative estimate of drug-likeness (QED) is 0.919. The molecule has 1 aliphatic carbocycles. The molecule has 1 saturated carbocycles. The number of carboxylic acids is 1. The Morgan fingerprint density at radius 2 is 2.11 bits per heavy atom. The molecule has 0 radical (unpaired) electrons. The van der Waals surface area contributed by atoms with E-state index in [4.69, 9.17) is 0 Å². The van der Waals surface area contributed by atoms with Gasteiger partial charge in [-0.15, -0.1) is 0 Å². The smallest absolute Gasteiger partial charge is 0.336 e. The molecule has 0 aromatic heterocycles. The molecule has 4 heteroatoms. The zero-order valence-electron chi connectivity index (χ0n) is 11.2. The third-order valence-corrected chi connectivity index (χ3v) is 5.77. The molecule has 0 heterocycles. The highest BCUT2D eigenvalue weighted by atomic mass is 32.2. The molecular formula is C15H20O3S. The summed E-state index contributed by atoms with van der Waals surface area (Å²) < 4.78 is 12.6. The van der Waals surface area contributed by atoms with Crippen molar-refractivity contribution in [1.82, 2.24) is 0 Å². The van der Waals surface area contributed by atoms with Crippen LogP contribution in [0.1, 0.15) is 49.4 Å². The number of carboxylic acid groups (broad SMARTS) is 1. The van der Waals surface area contributed by atoms with Gasteiger partial charge in [-0.3, -0.25) is 4.21 Å². The summed E-state index contributed by atoms with van der Waals surface area (Å²) in [6, 6.07) is 6.67. The van der Waals surface area contributed by atoms with Crippen molar-refractivity contribution in [3.8, 4) is 0 Å². The highest BCUT2D eigenvalue weighted by molar-refractivity contribution is 7.85. The van der Waals surface area contributed by atoms with E-state index in [0.29, 0.717) is 10.8 Å². The molecular weight excluding hydrogens is 260 g/mol. The van der Waals surface area contributed by atoms with E-state index in [0.717, 1.165) is 25.7 Å². The van der Waals surface area contributed by atoms with Gasteiger partial charge in [-0.05, 0) is 30.9 Å². The van der Waals surface area contributed by atoms with Gasteiger partial charge in [-0.2, -0.15) is 0 Å². The van der Waals surface area contributed by atoms with Crippen molar-refractivity contribution >= 4 is 16.8 Å². The van der Waals surface area contributed by atoms with Crippen LogP contribution in [0.4, 0.5) is 0 Å². The molecule has 104 valence electrons. The average molecular weight is 280 g/mol. The van der Waals surface area contributed by atoms with Crippen LogP contribution < -0.4 is 0 Å². The Hall–Kier alpha value is -1.16. The van der Waals surface area contributed by atoms with Crippen molar-refractivity contribution in [2.75, 3.05) is 0 Å². The highest BCUT2D eigenvalue weighted by Crippen LogP contribution is 2.32. The zero-order chi connectivity index (χ0) is 13.8. The van der Waals surface area contributed by atoms with Gasteiger partial charge in [0.05, 0.1) is 21.3 Å².